The van der Waals surface area contributed by atoms with Gasteiger partial charge in [0.05, 0.1) is 23.2 Å². The van der Waals surface area contributed by atoms with Gasteiger partial charge in [-0.3, -0.25) is 0 Å². The Labute approximate surface area is 212 Å². The van der Waals surface area contributed by atoms with Crippen molar-refractivity contribution in [2.45, 2.75) is 50.2 Å². The Kier molecular flexibility index (Phi) is 8.75. The maximum absolute atomic E-state index is 12.0. The number of halogens is 2. The summed E-state index contributed by atoms with van der Waals surface area (Å²) in [5.74, 6) is 1.35. The Balaban J connectivity index is 1.28. The fraction of sp³-hybridized carbons (Fsp3) is 0.519. The zero-order chi connectivity index (χ0) is 24.0. The molecule has 1 aliphatic heterocycles. The van der Waals surface area contributed by atoms with Crippen molar-refractivity contribution >= 4 is 29.1 Å². The van der Waals surface area contributed by atoms with Crippen LogP contribution < -0.4 is 4.74 Å². The van der Waals surface area contributed by atoms with Crippen molar-refractivity contribution < 1.29 is 14.6 Å². The largest absolute Gasteiger partial charge is 0.493 e. The third kappa shape index (κ3) is 6.06. The molecule has 7 heteroatoms. The van der Waals surface area contributed by atoms with Crippen molar-refractivity contribution in [1.29, 1.82) is 0 Å². The molecule has 184 valence electrons. The minimum atomic E-state index is -1.15. The van der Waals surface area contributed by atoms with Crippen LogP contribution in [0.4, 0.5) is 0 Å². The second-order valence-corrected chi connectivity index (χ2v) is 10.2. The van der Waals surface area contributed by atoms with E-state index in [2.05, 4.69) is 11.9 Å². The average molecular weight is 505 g/mol. The Morgan fingerprint density at radius 2 is 1.85 bits per heavy atom. The summed E-state index contributed by atoms with van der Waals surface area (Å²) in [5.41, 5.74) is -0.267. The lowest BCUT2D eigenvalue weighted by molar-refractivity contribution is -0.00100. The van der Waals surface area contributed by atoms with E-state index in [0.717, 1.165) is 56.5 Å². The third-order valence-electron chi connectivity index (χ3n) is 6.81. The first-order valence-electron chi connectivity index (χ1n) is 12.2. The molecule has 34 heavy (non-hydrogen) atoms. The van der Waals surface area contributed by atoms with Crippen LogP contribution in [0.5, 0.6) is 5.75 Å². The van der Waals surface area contributed by atoms with Crippen molar-refractivity contribution in [1.82, 2.24) is 4.90 Å². The van der Waals surface area contributed by atoms with E-state index >= 15 is 0 Å². The number of aliphatic hydroxyl groups is 1. The number of benzene rings is 2. The molecule has 0 radical (unpaired) electrons. The maximum atomic E-state index is 12.0. The topological polar surface area (TPSA) is 54.3 Å². The summed E-state index contributed by atoms with van der Waals surface area (Å²) < 4.78 is 12.1. The van der Waals surface area contributed by atoms with Gasteiger partial charge < -0.3 is 19.5 Å². The summed E-state index contributed by atoms with van der Waals surface area (Å²) in [5, 5.41) is 13.0. The van der Waals surface area contributed by atoms with Crippen molar-refractivity contribution in [3.05, 3.63) is 64.1 Å². The van der Waals surface area contributed by atoms with Crippen molar-refractivity contribution in [2.24, 2.45) is 10.9 Å². The summed E-state index contributed by atoms with van der Waals surface area (Å²) >= 11 is 12.0. The zero-order valence-corrected chi connectivity index (χ0v) is 21.3. The highest BCUT2D eigenvalue weighted by Crippen LogP contribution is 2.42. The molecule has 2 aliphatic rings. The average Bonchev–Trinajstić information content (AvgIpc) is 3.33. The standard InChI is InChI=1S/C27H34Cl2N2O3/c1-31(15-8-16-33-22-13-14-24(28)25(29)17-22)19-23-18-30-26(34-23)27(32,20-9-4-2-5-10-20)21-11-6-3-7-12-21/h2,4-5,9-10,13-14,17,21,23,32H,3,6-8,11-12,15-16,18-19H2,1H3/t23?,27-/m0/s1. The van der Waals surface area contributed by atoms with Gasteiger partial charge in [-0.2, -0.15) is 0 Å². The quantitative estimate of drug-likeness (QED) is 0.405. The predicted octanol–water partition coefficient (Wildman–Crippen LogP) is 5.96. The van der Waals surface area contributed by atoms with Gasteiger partial charge >= 0.3 is 0 Å². The van der Waals surface area contributed by atoms with Gasteiger partial charge in [0.2, 0.25) is 5.90 Å². The first-order chi connectivity index (χ1) is 16.5. The predicted molar refractivity (Wildman–Crippen MR) is 138 cm³/mol. The van der Waals surface area contributed by atoms with Crippen LogP contribution in [0.25, 0.3) is 0 Å². The Morgan fingerprint density at radius 3 is 2.59 bits per heavy atom. The Hall–Kier alpha value is -1.79. The molecule has 1 N–H and O–H groups in total. The highest BCUT2D eigenvalue weighted by atomic mass is 35.5. The molecular formula is C27H34Cl2N2O3. The van der Waals surface area contributed by atoms with Crippen LogP contribution in [0.1, 0.15) is 44.1 Å². The summed E-state index contributed by atoms with van der Waals surface area (Å²) in [6.07, 6.45) is 6.32. The van der Waals surface area contributed by atoms with E-state index in [1.807, 2.05) is 36.4 Å². The molecule has 5 nitrogen and oxygen atoms in total. The van der Waals surface area contributed by atoms with Gasteiger partial charge in [-0.15, -0.1) is 0 Å². The molecule has 0 spiro atoms. The summed E-state index contributed by atoms with van der Waals surface area (Å²) in [6.45, 7) is 2.77. The minimum absolute atomic E-state index is 0.0604. The molecule has 0 saturated heterocycles. The molecule has 1 aliphatic carbocycles. The molecule has 1 unspecified atom stereocenters. The molecule has 2 aromatic rings. The first-order valence-corrected chi connectivity index (χ1v) is 13.0. The summed E-state index contributed by atoms with van der Waals surface area (Å²) in [6, 6.07) is 15.2. The molecule has 0 aromatic heterocycles. The monoisotopic (exact) mass is 504 g/mol. The number of ether oxygens (including phenoxy) is 2. The maximum Gasteiger partial charge on any atom is 0.221 e. The minimum Gasteiger partial charge on any atom is -0.493 e. The van der Waals surface area contributed by atoms with Gasteiger partial charge in [-0.05, 0) is 44.0 Å². The number of hydrogen-bond acceptors (Lipinski definition) is 5. The van der Waals surface area contributed by atoms with Crippen LogP contribution in [0.15, 0.2) is 53.5 Å². The second-order valence-electron chi connectivity index (χ2n) is 9.39. The fourth-order valence-corrected chi connectivity index (χ4v) is 5.29. The smallest absolute Gasteiger partial charge is 0.221 e. The van der Waals surface area contributed by atoms with E-state index in [1.54, 1.807) is 12.1 Å². The number of hydrogen-bond donors (Lipinski definition) is 1. The van der Waals surface area contributed by atoms with Crippen molar-refractivity contribution in [3.63, 3.8) is 0 Å². The van der Waals surface area contributed by atoms with Gasteiger partial charge in [-0.25, -0.2) is 4.99 Å². The van der Waals surface area contributed by atoms with Crippen LogP contribution >= 0.6 is 23.2 Å². The number of rotatable bonds is 10. The van der Waals surface area contributed by atoms with Crippen molar-refractivity contribution in [2.75, 3.05) is 33.3 Å². The molecule has 0 amide bonds. The lowest BCUT2D eigenvalue weighted by atomic mass is 9.73. The van der Waals surface area contributed by atoms with E-state index in [1.165, 1.54) is 6.42 Å². The molecule has 0 bridgehead atoms. The summed E-state index contributed by atoms with van der Waals surface area (Å²) in [4.78, 5) is 6.94. The lowest BCUT2D eigenvalue weighted by Gasteiger charge is -2.38. The van der Waals surface area contributed by atoms with Crippen LogP contribution in [-0.4, -0.2) is 55.3 Å². The molecule has 2 atom stereocenters. The highest BCUT2D eigenvalue weighted by molar-refractivity contribution is 6.42. The molecule has 2 aromatic carbocycles. The fourth-order valence-electron chi connectivity index (χ4n) is 5.00. The van der Waals surface area contributed by atoms with Crippen molar-refractivity contribution in [3.8, 4) is 5.75 Å². The second kappa shape index (κ2) is 11.8. The number of aliphatic imine (C=N–C) groups is 1. The molecule has 1 heterocycles. The lowest BCUT2D eigenvalue weighted by Crippen LogP contribution is -2.45. The van der Waals surface area contributed by atoms with E-state index in [0.29, 0.717) is 29.1 Å². The molecule has 4 rings (SSSR count). The van der Waals surface area contributed by atoms with Crippen LogP contribution in [0.3, 0.4) is 0 Å². The van der Waals surface area contributed by atoms with E-state index in [9.17, 15) is 5.11 Å². The molecular weight excluding hydrogens is 471 g/mol. The van der Waals surface area contributed by atoms with Crippen LogP contribution in [-0.2, 0) is 10.3 Å². The van der Waals surface area contributed by atoms with E-state index in [-0.39, 0.29) is 12.0 Å². The van der Waals surface area contributed by atoms with Gasteiger partial charge in [0, 0.05) is 25.1 Å². The number of likely N-dealkylation sites (N-methyl/N-ethyl adjacent to an activating group) is 1. The van der Waals surface area contributed by atoms with E-state index < -0.39 is 5.60 Å². The van der Waals surface area contributed by atoms with Gasteiger partial charge in [-0.1, -0.05) is 72.8 Å². The van der Waals surface area contributed by atoms with Crippen LogP contribution in [0, 0.1) is 5.92 Å². The van der Waals surface area contributed by atoms with Gasteiger partial charge in [0.1, 0.15) is 11.9 Å². The van der Waals surface area contributed by atoms with Gasteiger partial charge in [0.25, 0.3) is 0 Å². The Morgan fingerprint density at radius 1 is 1.09 bits per heavy atom. The van der Waals surface area contributed by atoms with E-state index in [4.69, 9.17) is 37.7 Å². The highest BCUT2D eigenvalue weighted by Gasteiger charge is 2.47. The van der Waals surface area contributed by atoms with Crippen LogP contribution in [0.2, 0.25) is 10.0 Å². The van der Waals surface area contributed by atoms with Gasteiger partial charge in [0.15, 0.2) is 5.60 Å². The first kappa shape index (κ1) is 25.3. The SMILES string of the molecule is CN(CCCOc1ccc(Cl)c(Cl)c1)CC1CN=C([C@](O)(c2ccccc2)C2CCCCC2)O1. The summed E-state index contributed by atoms with van der Waals surface area (Å²) in [7, 11) is 2.07. The Bertz CT molecular complexity index is 966. The number of nitrogens with zero attached hydrogens (tertiary/aromatic N) is 2. The zero-order valence-electron chi connectivity index (χ0n) is 19.8. The normalized spacial score (nSPS) is 20.6. The third-order valence-corrected chi connectivity index (χ3v) is 7.55. The molecule has 1 fully saturated rings. The molecule has 1 saturated carbocycles.